The van der Waals surface area contributed by atoms with Gasteiger partial charge in [0.05, 0.1) is 5.56 Å². The van der Waals surface area contributed by atoms with Gasteiger partial charge >= 0.3 is 5.97 Å². The van der Waals surface area contributed by atoms with E-state index in [0.717, 1.165) is 16.8 Å². The van der Waals surface area contributed by atoms with Crippen molar-refractivity contribution in [3.63, 3.8) is 0 Å². The normalized spacial score (nSPS) is 10.3. The third-order valence-corrected chi connectivity index (χ3v) is 3.26. The van der Waals surface area contributed by atoms with Gasteiger partial charge in [0.1, 0.15) is 29.8 Å². The van der Waals surface area contributed by atoms with E-state index in [9.17, 15) is 13.6 Å². The first-order chi connectivity index (χ1) is 12.1. The molecule has 124 valence electrons. The number of carbonyl (C=O) groups is 1. The van der Waals surface area contributed by atoms with Gasteiger partial charge in [0.15, 0.2) is 11.6 Å². The standard InChI is InChI=1S/C17H10F2N4O2/c18-13-2-1-3-14(19)16(13)23-7-6-12(22-23)10-25-17(24)15-5-4-11(8-20)9-21-15/h1-7,9H,10H2. The lowest BCUT2D eigenvalue weighted by molar-refractivity contribution is 0.0460. The predicted molar refractivity (Wildman–Crippen MR) is 81.6 cm³/mol. The fourth-order valence-corrected chi connectivity index (χ4v) is 2.07. The van der Waals surface area contributed by atoms with Crippen LogP contribution >= 0.6 is 0 Å². The summed E-state index contributed by atoms with van der Waals surface area (Å²) in [6, 6.07) is 9.68. The molecule has 8 heteroatoms. The summed E-state index contributed by atoms with van der Waals surface area (Å²) in [5.41, 5.74) is 0.360. The number of benzene rings is 1. The lowest BCUT2D eigenvalue weighted by Crippen LogP contribution is -2.08. The maximum atomic E-state index is 13.7. The number of nitrogens with zero attached hydrogens (tertiary/aromatic N) is 4. The Labute approximate surface area is 140 Å². The molecule has 0 aliphatic heterocycles. The van der Waals surface area contributed by atoms with Gasteiger partial charge in [0, 0.05) is 12.4 Å². The Bertz CT molecular complexity index is 941. The summed E-state index contributed by atoms with van der Waals surface area (Å²) in [7, 11) is 0. The molecule has 0 fully saturated rings. The van der Waals surface area contributed by atoms with E-state index in [1.54, 1.807) is 0 Å². The van der Waals surface area contributed by atoms with Crippen LogP contribution < -0.4 is 0 Å². The highest BCUT2D eigenvalue weighted by atomic mass is 19.1. The Morgan fingerprint density at radius 1 is 1.20 bits per heavy atom. The number of carbonyl (C=O) groups excluding carboxylic acids is 1. The highest BCUT2D eigenvalue weighted by Crippen LogP contribution is 2.17. The van der Waals surface area contributed by atoms with Crippen LogP contribution in [0.2, 0.25) is 0 Å². The molecule has 0 aliphatic rings. The Hall–Kier alpha value is -3.60. The van der Waals surface area contributed by atoms with E-state index in [1.807, 2.05) is 6.07 Å². The van der Waals surface area contributed by atoms with Crippen LogP contribution in [0.3, 0.4) is 0 Å². The molecule has 0 spiro atoms. The van der Waals surface area contributed by atoms with Crippen molar-refractivity contribution in [2.45, 2.75) is 6.61 Å². The molecular formula is C17H10F2N4O2. The topological polar surface area (TPSA) is 80.8 Å². The number of rotatable bonds is 4. The van der Waals surface area contributed by atoms with E-state index in [-0.39, 0.29) is 18.0 Å². The van der Waals surface area contributed by atoms with Crippen molar-refractivity contribution >= 4 is 5.97 Å². The van der Waals surface area contributed by atoms with Crippen molar-refractivity contribution in [1.29, 1.82) is 5.26 Å². The average molecular weight is 340 g/mol. The summed E-state index contributed by atoms with van der Waals surface area (Å²) in [6.07, 6.45) is 2.62. The van der Waals surface area contributed by atoms with E-state index < -0.39 is 17.6 Å². The first kappa shape index (κ1) is 16.3. The molecule has 3 aromatic rings. The second kappa shape index (κ2) is 6.88. The highest BCUT2D eigenvalue weighted by Gasteiger charge is 2.14. The number of nitriles is 1. The molecule has 0 aliphatic carbocycles. The maximum absolute atomic E-state index is 13.7. The fourth-order valence-electron chi connectivity index (χ4n) is 2.07. The lowest BCUT2D eigenvalue weighted by atomic mass is 10.3. The lowest BCUT2D eigenvalue weighted by Gasteiger charge is -2.05. The van der Waals surface area contributed by atoms with Crippen LogP contribution in [-0.4, -0.2) is 20.7 Å². The number of pyridine rings is 1. The van der Waals surface area contributed by atoms with Crippen molar-refractivity contribution in [3.05, 3.63) is 77.4 Å². The van der Waals surface area contributed by atoms with Crippen molar-refractivity contribution in [1.82, 2.24) is 14.8 Å². The van der Waals surface area contributed by atoms with Crippen molar-refractivity contribution < 1.29 is 18.3 Å². The second-order valence-electron chi connectivity index (χ2n) is 4.94. The molecule has 0 N–H and O–H groups in total. The Morgan fingerprint density at radius 2 is 1.96 bits per heavy atom. The number of hydrogen-bond acceptors (Lipinski definition) is 5. The van der Waals surface area contributed by atoms with Gasteiger partial charge in [0.25, 0.3) is 0 Å². The van der Waals surface area contributed by atoms with Crippen LogP contribution in [0.25, 0.3) is 5.69 Å². The number of hydrogen-bond donors (Lipinski definition) is 0. The minimum absolute atomic E-state index is 0.0404. The molecular weight excluding hydrogens is 330 g/mol. The van der Waals surface area contributed by atoms with Crippen LogP contribution in [0, 0.1) is 23.0 Å². The summed E-state index contributed by atoms with van der Waals surface area (Å²) in [4.78, 5) is 15.7. The molecule has 6 nitrogen and oxygen atoms in total. The molecule has 0 radical (unpaired) electrons. The number of ether oxygens (including phenoxy) is 1. The summed E-state index contributed by atoms with van der Waals surface area (Å²) < 4.78 is 33.5. The van der Waals surface area contributed by atoms with Crippen LogP contribution in [0.4, 0.5) is 8.78 Å². The molecule has 0 saturated carbocycles. The van der Waals surface area contributed by atoms with Gasteiger partial charge in [-0.1, -0.05) is 6.07 Å². The van der Waals surface area contributed by atoms with Gasteiger partial charge in [-0.05, 0) is 30.3 Å². The predicted octanol–water partition coefficient (Wildman–Crippen LogP) is 2.77. The number of halogens is 2. The van der Waals surface area contributed by atoms with Crippen LogP contribution in [-0.2, 0) is 11.3 Å². The molecule has 0 bridgehead atoms. The Morgan fingerprint density at radius 3 is 2.60 bits per heavy atom. The van der Waals surface area contributed by atoms with Crippen molar-refractivity contribution in [2.24, 2.45) is 0 Å². The van der Waals surface area contributed by atoms with Crippen molar-refractivity contribution in [2.75, 3.05) is 0 Å². The van der Waals surface area contributed by atoms with Gasteiger partial charge < -0.3 is 4.74 Å². The molecule has 0 amide bonds. The summed E-state index contributed by atoms with van der Waals surface area (Å²) >= 11 is 0. The minimum Gasteiger partial charge on any atom is -0.454 e. The zero-order valence-corrected chi connectivity index (χ0v) is 12.7. The molecule has 1 aromatic carbocycles. The third-order valence-electron chi connectivity index (χ3n) is 3.26. The molecule has 25 heavy (non-hydrogen) atoms. The first-order valence-electron chi connectivity index (χ1n) is 7.10. The van der Waals surface area contributed by atoms with Gasteiger partial charge in [-0.2, -0.15) is 10.4 Å². The van der Waals surface area contributed by atoms with E-state index >= 15 is 0 Å². The smallest absolute Gasteiger partial charge is 0.357 e. The van der Waals surface area contributed by atoms with Gasteiger partial charge in [-0.3, -0.25) is 0 Å². The summed E-state index contributed by atoms with van der Waals surface area (Å²) in [6.45, 7) is -0.191. The van der Waals surface area contributed by atoms with Gasteiger partial charge in [-0.15, -0.1) is 0 Å². The molecule has 3 rings (SSSR count). The van der Waals surface area contributed by atoms with E-state index in [2.05, 4.69) is 10.1 Å². The number of para-hydroxylation sites is 1. The van der Waals surface area contributed by atoms with Crippen molar-refractivity contribution in [3.8, 4) is 11.8 Å². The average Bonchev–Trinajstić information content (AvgIpc) is 3.08. The van der Waals surface area contributed by atoms with Gasteiger partial charge in [-0.25, -0.2) is 23.2 Å². The van der Waals surface area contributed by atoms with E-state index in [4.69, 9.17) is 10.00 Å². The fraction of sp³-hybridized carbons (Fsp3) is 0.0588. The zero-order valence-electron chi connectivity index (χ0n) is 12.7. The largest absolute Gasteiger partial charge is 0.454 e. The highest BCUT2D eigenvalue weighted by molar-refractivity contribution is 5.87. The Kier molecular flexibility index (Phi) is 4.48. The van der Waals surface area contributed by atoms with Gasteiger partial charge in [0.2, 0.25) is 0 Å². The minimum atomic E-state index is -0.756. The van der Waals surface area contributed by atoms with Crippen LogP contribution in [0.5, 0.6) is 0 Å². The second-order valence-corrected chi connectivity index (χ2v) is 4.94. The molecule has 0 atom stereocenters. The molecule has 0 unspecified atom stereocenters. The molecule has 0 saturated heterocycles. The monoisotopic (exact) mass is 340 g/mol. The quantitative estimate of drug-likeness (QED) is 0.682. The number of aromatic nitrogens is 3. The number of esters is 1. The summed E-state index contributed by atoms with van der Waals surface area (Å²) in [5, 5.41) is 12.7. The van der Waals surface area contributed by atoms with E-state index in [1.165, 1.54) is 36.7 Å². The Balaban J connectivity index is 1.69. The SMILES string of the molecule is N#Cc1ccc(C(=O)OCc2ccn(-c3c(F)cccc3F)n2)nc1. The summed E-state index contributed by atoms with van der Waals surface area (Å²) in [5.74, 6) is -2.21. The molecule has 2 heterocycles. The molecule has 2 aromatic heterocycles. The van der Waals surface area contributed by atoms with Crippen LogP contribution in [0.1, 0.15) is 21.7 Å². The van der Waals surface area contributed by atoms with E-state index in [0.29, 0.717) is 11.3 Å². The maximum Gasteiger partial charge on any atom is 0.357 e. The first-order valence-corrected chi connectivity index (χ1v) is 7.10. The zero-order chi connectivity index (χ0) is 17.8. The third kappa shape index (κ3) is 3.50. The van der Waals surface area contributed by atoms with Crippen LogP contribution in [0.15, 0.2) is 48.8 Å².